The van der Waals surface area contributed by atoms with E-state index in [4.69, 9.17) is 10.5 Å². The second kappa shape index (κ2) is 6.89. The number of ether oxygens (including phenoxy) is 2. The van der Waals surface area contributed by atoms with Crippen LogP contribution < -0.4 is 20.5 Å². The first-order valence-electron chi connectivity index (χ1n) is 5.61. The highest BCUT2D eigenvalue weighted by atomic mass is 19.3. The molecular weight excluding hydrogens is 258 g/mol. The molecule has 0 spiro atoms. The molecule has 0 fully saturated rings. The molecule has 1 rings (SSSR count). The van der Waals surface area contributed by atoms with E-state index in [9.17, 15) is 13.6 Å². The van der Waals surface area contributed by atoms with Crippen LogP contribution in [0.1, 0.15) is 6.92 Å². The second-order valence-electron chi connectivity index (χ2n) is 3.87. The fourth-order valence-electron chi connectivity index (χ4n) is 1.30. The summed E-state index contributed by atoms with van der Waals surface area (Å²) < 4.78 is 33.8. The van der Waals surface area contributed by atoms with Gasteiger partial charge in [-0.05, 0) is 12.1 Å². The predicted molar refractivity (Wildman–Crippen MR) is 66.5 cm³/mol. The van der Waals surface area contributed by atoms with Gasteiger partial charge in [0, 0.05) is 18.5 Å². The number of benzene rings is 1. The van der Waals surface area contributed by atoms with Gasteiger partial charge in [0.1, 0.15) is 11.5 Å². The maximum Gasteiger partial charge on any atom is 0.387 e. The van der Waals surface area contributed by atoms with Gasteiger partial charge >= 0.3 is 6.61 Å². The quantitative estimate of drug-likeness (QED) is 0.830. The van der Waals surface area contributed by atoms with Crippen molar-refractivity contribution in [1.29, 1.82) is 0 Å². The molecule has 0 aliphatic rings. The number of hydrogen-bond donors (Lipinski definition) is 2. The SMILES string of the molecule is COc1ccc(OC(F)F)c(NC(=O)C(C)CN)c1. The largest absolute Gasteiger partial charge is 0.497 e. The van der Waals surface area contributed by atoms with Crippen LogP contribution in [0.15, 0.2) is 18.2 Å². The predicted octanol–water partition coefficient (Wildman–Crippen LogP) is 1.83. The van der Waals surface area contributed by atoms with E-state index in [1.165, 1.54) is 25.3 Å². The third-order valence-electron chi connectivity index (χ3n) is 2.46. The lowest BCUT2D eigenvalue weighted by atomic mass is 10.1. The Balaban J connectivity index is 2.97. The van der Waals surface area contributed by atoms with Crippen LogP contribution in [-0.4, -0.2) is 26.2 Å². The molecule has 7 heteroatoms. The first-order chi connectivity index (χ1) is 8.97. The zero-order valence-electron chi connectivity index (χ0n) is 10.7. The minimum atomic E-state index is -2.98. The van der Waals surface area contributed by atoms with Crippen molar-refractivity contribution in [1.82, 2.24) is 0 Å². The number of amides is 1. The van der Waals surface area contributed by atoms with Crippen molar-refractivity contribution in [3.8, 4) is 11.5 Å². The molecule has 0 heterocycles. The highest BCUT2D eigenvalue weighted by molar-refractivity contribution is 5.94. The molecule has 1 unspecified atom stereocenters. The third-order valence-corrected chi connectivity index (χ3v) is 2.46. The maximum atomic E-state index is 12.3. The van der Waals surface area contributed by atoms with Crippen LogP contribution >= 0.6 is 0 Å². The molecule has 1 atom stereocenters. The molecule has 0 aromatic heterocycles. The molecule has 19 heavy (non-hydrogen) atoms. The van der Waals surface area contributed by atoms with Crippen molar-refractivity contribution >= 4 is 11.6 Å². The Morgan fingerprint density at radius 1 is 1.47 bits per heavy atom. The minimum Gasteiger partial charge on any atom is -0.497 e. The number of rotatable bonds is 6. The summed E-state index contributed by atoms with van der Waals surface area (Å²) in [5, 5.41) is 2.48. The summed E-state index contributed by atoms with van der Waals surface area (Å²) in [4.78, 5) is 11.7. The van der Waals surface area contributed by atoms with Gasteiger partial charge in [0.25, 0.3) is 0 Å². The van der Waals surface area contributed by atoms with Crippen molar-refractivity contribution in [2.45, 2.75) is 13.5 Å². The van der Waals surface area contributed by atoms with Crippen LogP contribution in [0.2, 0.25) is 0 Å². The Morgan fingerprint density at radius 3 is 2.68 bits per heavy atom. The van der Waals surface area contributed by atoms with E-state index in [1.807, 2.05) is 0 Å². The van der Waals surface area contributed by atoms with Crippen LogP contribution in [0.25, 0.3) is 0 Å². The van der Waals surface area contributed by atoms with Gasteiger partial charge in [0.05, 0.1) is 12.8 Å². The Kier molecular flexibility index (Phi) is 5.50. The number of nitrogens with two attached hydrogens (primary N) is 1. The Morgan fingerprint density at radius 2 is 2.16 bits per heavy atom. The molecule has 0 radical (unpaired) electrons. The fraction of sp³-hybridized carbons (Fsp3) is 0.417. The van der Waals surface area contributed by atoms with Crippen LogP contribution in [0.5, 0.6) is 11.5 Å². The van der Waals surface area contributed by atoms with Crippen molar-refractivity contribution in [3.05, 3.63) is 18.2 Å². The summed E-state index contributed by atoms with van der Waals surface area (Å²) in [5.74, 6) is -0.536. The maximum absolute atomic E-state index is 12.3. The van der Waals surface area contributed by atoms with E-state index < -0.39 is 12.5 Å². The highest BCUT2D eigenvalue weighted by Gasteiger charge is 2.16. The topological polar surface area (TPSA) is 73.6 Å². The average Bonchev–Trinajstić information content (AvgIpc) is 2.39. The van der Waals surface area contributed by atoms with E-state index in [0.29, 0.717) is 5.75 Å². The summed E-state index contributed by atoms with van der Waals surface area (Å²) in [7, 11) is 1.43. The van der Waals surface area contributed by atoms with Gasteiger partial charge in [0.2, 0.25) is 5.91 Å². The number of nitrogens with one attached hydrogen (secondary N) is 1. The summed E-state index contributed by atoms with van der Waals surface area (Å²) in [5.41, 5.74) is 5.48. The number of anilines is 1. The van der Waals surface area contributed by atoms with Crippen molar-refractivity contribution < 1.29 is 23.0 Å². The summed E-state index contributed by atoms with van der Waals surface area (Å²) in [6.45, 7) is -1.19. The second-order valence-corrected chi connectivity index (χ2v) is 3.87. The van der Waals surface area contributed by atoms with Crippen LogP contribution in [0.3, 0.4) is 0 Å². The lowest BCUT2D eigenvalue weighted by Crippen LogP contribution is -2.27. The Labute approximate surface area is 109 Å². The molecule has 0 saturated heterocycles. The van der Waals surface area contributed by atoms with E-state index in [-0.39, 0.29) is 23.9 Å². The highest BCUT2D eigenvalue weighted by Crippen LogP contribution is 2.30. The van der Waals surface area contributed by atoms with Crippen LogP contribution in [-0.2, 0) is 4.79 Å². The number of alkyl halides is 2. The fourth-order valence-corrected chi connectivity index (χ4v) is 1.30. The molecule has 106 valence electrons. The lowest BCUT2D eigenvalue weighted by molar-refractivity contribution is -0.119. The first kappa shape index (κ1) is 15.2. The zero-order valence-corrected chi connectivity index (χ0v) is 10.7. The molecule has 1 amide bonds. The number of hydrogen-bond acceptors (Lipinski definition) is 4. The summed E-state index contributed by atoms with van der Waals surface area (Å²) in [6.07, 6.45) is 0. The van der Waals surface area contributed by atoms with Gasteiger partial charge in [-0.3, -0.25) is 4.79 Å². The summed E-state index contributed by atoms with van der Waals surface area (Å²) in [6, 6.07) is 4.16. The first-order valence-corrected chi connectivity index (χ1v) is 5.61. The van der Waals surface area contributed by atoms with E-state index in [1.54, 1.807) is 6.92 Å². The number of carbonyl (C=O) groups is 1. The van der Waals surface area contributed by atoms with Gasteiger partial charge in [-0.2, -0.15) is 8.78 Å². The van der Waals surface area contributed by atoms with Crippen LogP contribution in [0, 0.1) is 5.92 Å². The molecular formula is C12H16F2N2O3. The molecule has 0 saturated carbocycles. The van der Waals surface area contributed by atoms with Crippen molar-refractivity contribution in [2.24, 2.45) is 11.7 Å². The van der Waals surface area contributed by atoms with Crippen LogP contribution in [0.4, 0.5) is 14.5 Å². The van der Waals surface area contributed by atoms with E-state index >= 15 is 0 Å². The van der Waals surface area contributed by atoms with Gasteiger partial charge in [-0.1, -0.05) is 6.92 Å². The molecule has 0 aliphatic heterocycles. The third kappa shape index (κ3) is 4.36. The van der Waals surface area contributed by atoms with Crippen molar-refractivity contribution in [2.75, 3.05) is 19.0 Å². The van der Waals surface area contributed by atoms with E-state index in [2.05, 4.69) is 10.1 Å². The molecule has 1 aromatic carbocycles. The Bertz CT molecular complexity index is 441. The lowest BCUT2D eigenvalue weighted by Gasteiger charge is -2.15. The molecule has 3 N–H and O–H groups in total. The van der Waals surface area contributed by atoms with Gasteiger partial charge in [-0.25, -0.2) is 0 Å². The van der Waals surface area contributed by atoms with Gasteiger partial charge in [-0.15, -0.1) is 0 Å². The van der Waals surface area contributed by atoms with Crippen molar-refractivity contribution in [3.63, 3.8) is 0 Å². The van der Waals surface area contributed by atoms with Gasteiger partial charge in [0.15, 0.2) is 0 Å². The molecule has 0 bridgehead atoms. The van der Waals surface area contributed by atoms with Gasteiger partial charge < -0.3 is 20.5 Å². The normalized spacial score (nSPS) is 12.1. The number of halogens is 2. The Hall–Kier alpha value is -1.89. The van der Waals surface area contributed by atoms with E-state index in [0.717, 1.165) is 0 Å². The smallest absolute Gasteiger partial charge is 0.387 e. The number of methoxy groups -OCH3 is 1. The minimum absolute atomic E-state index is 0.116. The molecule has 0 aliphatic carbocycles. The number of carbonyl (C=O) groups excluding carboxylic acids is 1. The standard InChI is InChI=1S/C12H16F2N2O3/c1-7(6-15)11(17)16-9-5-8(18-2)3-4-10(9)19-12(13)14/h3-5,7,12H,6,15H2,1-2H3,(H,16,17). The molecule has 1 aromatic rings. The monoisotopic (exact) mass is 274 g/mol. The average molecular weight is 274 g/mol. The summed E-state index contributed by atoms with van der Waals surface area (Å²) >= 11 is 0. The zero-order chi connectivity index (χ0) is 14.4. The molecule has 5 nitrogen and oxygen atoms in total.